The molecule has 1 fully saturated rings. The fourth-order valence-electron chi connectivity index (χ4n) is 1.66. The molecule has 1 aromatic rings. The lowest BCUT2D eigenvalue weighted by Gasteiger charge is -2.06. The van der Waals surface area contributed by atoms with E-state index in [0.29, 0.717) is 6.61 Å². The van der Waals surface area contributed by atoms with Gasteiger partial charge < -0.3 is 10.1 Å². The van der Waals surface area contributed by atoms with Crippen LogP contribution < -0.4 is 5.32 Å². The number of benzene rings is 1. The Bertz CT molecular complexity index is 340. The SMILES string of the molecule is C=CCCOCc1ccc(CNC2CC2)cc1. The van der Waals surface area contributed by atoms with Crippen molar-refractivity contribution in [1.29, 1.82) is 0 Å². The lowest BCUT2D eigenvalue weighted by atomic mass is 10.1. The maximum atomic E-state index is 5.52. The lowest BCUT2D eigenvalue weighted by Crippen LogP contribution is -2.15. The molecular weight excluding hydrogens is 210 g/mol. The van der Waals surface area contributed by atoms with Crippen LogP contribution in [0, 0.1) is 0 Å². The van der Waals surface area contributed by atoms with Crippen molar-refractivity contribution in [3.05, 3.63) is 48.0 Å². The monoisotopic (exact) mass is 231 g/mol. The van der Waals surface area contributed by atoms with Crippen molar-refractivity contribution in [2.24, 2.45) is 0 Å². The summed E-state index contributed by atoms with van der Waals surface area (Å²) >= 11 is 0. The molecule has 0 unspecified atom stereocenters. The minimum Gasteiger partial charge on any atom is -0.376 e. The highest BCUT2D eigenvalue weighted by atomic mass is 16.5. The summed E-state index contributed by atoms with van der Waals surface area (Å²) in [5.41, 5.74) is 2.59. The molecule has 0 saturated heterocycles. The predicted octanol–water partition coefficient (Wildman–Crippen LogP) is 3.03. The molecule has 1 aliphatic carbocycles. The van der Waals surface area contributed by atoms with Gasteiger partial charge in [0.1, 0.15) is 0 Å². The molecule has 1 saturated carbocycles. The predicted molar refractivity (Wildman–Crippen MR) is 70.8 cm³/mol. The Balaban J connectivity index is 1.70. The first kappa shape index (κ1) is 12.3. The van der Waals surface area contributed by atoms with Crippen LogP contribution in [0.4, 0.5) is 0 Å². The van der Waals surface area contributed by atoms with Crippen LogP contribution in [0.1, 0.15) is 30.4 Å². The zero-order valence-electron chi connectivity index (χ0n) is 10.3. The summed E-state index contributed by atoms with van der Waals surface area (Å²) in [4.78, 5) is 0. The molecule has 1 aliphatic rings. The molecule has 0 amide bonds. The van der Waals surface area contributed by atoms with Gasteiger partial charge in [0.2, 0.25) is 0 Å². The second-order valence-electron chi connectivity index (χ2n) is 4.60. The summed E-state index contributed by atoms with van der Waals surface area (Å²) in [5.74, 6) is 0. The van der Waals surface area contributed by atoms with Gasteiger partial charge in [-0.2, -0.15) is 0 Å². The Labute approximate surface area is 104 Å². The summed E-state index contributed by atoms with van der Waals surface area (Å²) in [6.45, 7) is 6.11. The Kier molecular flexibility index (Phi) is 4.77. The van der Waals surface area contributed by atoms with Gasteiger partial charge >= 0.3 is 0 Å². The molecule has 0 spiro atoms. The van der Waals surface area contributed by atoms with Crippen LogP contribution in [0.25, 0.3) is 0 Å². The van der Waals surface area contributed by atoms with Gasteiger partial charge in [0, 0.05) is 12.6 Å². The van der Waals surface area contributed by atoms with E-state index >= 15 is 0 Å². The van der Waals surface area contributed by atoms with E-state index in [9.17, 15) is 0 Å². The quantitative estimate of drug-likeness (QED) is 0.548. The van der Waals surface area contributed by atoms with Crippen LogP contribution in [-0.4, -0.2) is 12.6 Å². The maximum absolute atomic E-state index is 5.52. The molecule has 17 heavy (non-hydrogen) atoms. The van der Waals surface area contributed by atoms with Crippen molar-refractivity contribution in [2.45, 2.75) is 38.5 Å². The molecule has 0 atom stereocenters. The van der Waals surface area contributed by atoms with Gasteiger partial charge in [-0.05, 0) is 30.4 Å². The second-order valence-corrected chi connectivity index (χ2v) is 4.60. The molecule has 1 N–H and O–H groups in total. The lowest BCUT2D eigenvalue weighted by molar-refractivity contribution is 0.125. The number of nitrogens with one attached hydrogen (secondary N) is 1. The first-order valence-corrected chi connectivity index (χ1v) is 6.38. The van der Waals surface area contributed by atoms with Crippen LogP contribution in [-0.2, 0) is 17.9 Å². The van der Waals surface area contributed by atoms with E-state index < -0.39 is 0 Å². The third kappa shape index (κ3) is 4.72. The molecule has 0 aromatic heterocycles. The molecule has 2 nitrogen and oxygen atoms in total. The zero-order valence-corrected chi connectivity index (χ0v) is 10.3. The summed E-state index contributed by atoms with van der Waals surface area (Å²) in [5, 5.41) is 3.51. The molecule has 92 valence electrons. The van der Waals surface area contributed by atoms with Gasteiger partial charge in [-0.25, -0.2) is 0 Å². The smallest absolute Gasteiger partial charge is 0.0717 e. The molecule has 1 aromatic carbocycles. The number of hydrogen-bond acceptors (Lipinski definition) is 2. The van der Waals surface area contributed by atoms with Crippen LogP contribution in [0.5, 0.6) is 0 Å². The number of ether oxygens (including phenoxy) is 1. The summed E-state index contributed by atoms with van der Waals surface area (Å²) < 4.78 is 5.52. The minimum atomic E-state index is 0.699. The van der Waals surface area contributed by atoms with Crippen molar-refractivity contribution in [1.82, 2.24) is 5.32 Å². The van der Waals surface area contributed by atoms with Crippen LogP contribution in [0.2, 0.25) is 0 Å². The molecule has 0 bridgehead atoms. The molecule has 2 rings (SSSR count). The Morgan fingerprint density at radius 2 is 1.94 bits per heavy atom. The van der Waals surface area contributed by atoms with Crippen molar-refractivity contribution >= 4 is 0 Å². The highest BCUT2D eigenvalue weighted by Gasteiger charge is 2.19. The minimum absolute atomic E-state index is 0.699. The summed E-state index contributed by atoms with van der Waals surface area (Å²) in [6.07, 6.45) is 5.49. The van der Waals surface area contributed by atoms with E-state index in [0.717, 1.165) is 25.6 Å². The highest BCUT2D eigenvalue weighted by molar-refractivity contribution is 5.22. The Morgan fingerprint density at radius 3 is 2.59 bits per heavy atom. The molecule has 0 aliphatic heterocycles. The van der Waals surface area contributed by atoms with Crippen LogP contribution in [0.3, 0.4) is 0 Å². The van der Waals surface area contributed by atoms with Crippen LogP contribution >= 0.6 is 0 Å². The second kappa shape index (κ2) is 6.58. The van der Waals surface area contributed by atoms with Gasteiger partial charge in [0.05, 0.1) is 13.2 Å². The van der Waals surface area contributed by atoms with E-state index in [2.05, 4.69) is 36.2 Å². The van der Waals surface area contributed by atoms with E-state index in [1.165, 1.54) is 24.0 Å². The summed E-state index contributed by atoms with van der Waals surface area (Å²) in [7, 11) is 0. The van der Waals surface area contributed by atoms with Crippen molar-refractivity contribution in [3.63, 3.8) is 0 Å². The first-order chi connectivity index (χ1) is 8.38. The highest BCUT2D eigenvalue weighted by Crippen LogP contribution is 2.19. The molecule has 2 heteroatoms. The summed E-state index contributed by atoms with van der Waals surface area (Å²) in [6, 6.07) is 9.44. The average molecular weight is 231 g/mol. The Morgan fingerprint density at radius 1 is 1.24 bits per heavy atom. The van der Waals surface area contributed by atoms with Gasteiger partial charge in [-0.1, -0.05) is 30.3 Å². The van der Waals surface area contributed by atoms with Gasteiger partial charge in [0.25, 0.3) is 0 Å². The topological polar surface area (TPSA) is 21.3 Å². The Hall–Kier alpha value is -1.12. The average Bonchev–Trinajstić information content (AvgIpc) is 3.18. The fourth-order valence-corrected chi connectivity index (χ4v) is 1.66. The van der Waals surface area contributed by atoms with Gasteiger partial charge in [-0.15, -0.1) is 6.58 Å². The van der Waals surface area contributed by atoms with Crippen LogP contribution in [0.15, 0.2) is 36.9 Å². The van der Waals surface area contributed by atoms with Crippen molar-refractivity contribution in [3.8, 4) is 0 Å². The van der Waals surface area contributed by atoms with E-state index in [-0.39, 0.29) is 0 Å². The fraction of sp³-hybridized carbons (Fsp3) is 0.467. The maximum Gasteiger partial charge on any atom is 0.0717 e. The van der Waals surface area contributed by atoms with E-state index in [4.69, 9.17) is 4.74 Å². The largest absolute Gasteiger partial charge is 0.376 e. The van der Waals surface area contributed by atoms with Gasteiger partial charge in [-0.3, -0.25) is 0 Å². The van der Waals surface area contributed by atoms with Gasteiger partial charge in [0.15, 0.2) is 0 Å². The van der Waals surface area contributed by atoms with Crippen molar-refractivity contribution in [2.75, 3.05) is 6.61 Å². The third-order valence-electron chi connectivity index (χ3n) is 2.93. The normalized spacial score (nSPS) is 14.8. The van der Waals surface area contributed by atoms with Crippen molar-refractivity contribution < 1.29 is 4.74 Å². The molecule has 0 heterocycles. The third-order valence-corrected chi connectivity index (χ3v) is 2.93. The number of rotatable bonds is 8. The van der Waals surface area contributed by atoms with E-state index in [1.807, 2.05) is 6.08 Å². The number of hydrogen-bond donors (Lipinski definition) is 1. The standard InChI is InChI=1S/C15H21NO/c1-2-3-10-17-12-14-6-4-13(5-7-14)11-16-15-8-9-15/h2,4-7,15-16H,1,3,8-12H2. The molecular formula is C15H21NO. The zero-order chi connectivity index (χ0) is 11.9. The first-order valence-electron chi connectivity index (χ1n) is 6.38. The molecule has 0 radical (unpaired) electrons. The van der Waals surface area contributed by atoms with E-state index in [1.54, 1.807) is 0 Å².